The second kappa shape index (κ2) is 7.82. The number of rotatable bonds is 4. The van der Waals surface area contributed by atoms with Crippen LogP contribution in [0.3, 0.4) is 0 Å². The number of nitrogens with zero attached hydrogens (tertiary/aromatic N) is 3. The van der Waals surface area contributed by atoms with Crippen LogP contribution in [0.2, 0.25) is 0 Å². The number of nitriles is 1. The van der Waals surface area contributed by atoms with E-state index in [1.807, 2.05) is 13.0 Å². The molecule has 5 nitrogen and oxygen atoms in total. The SMILES string of the molecule is CC[C@]12COC[C@@]1(c1cc(/C=C(\F)c3ccc(C#N)cn3)ccc1F)N=C(N)SC2. The molecule has 1 aromatic carbocycles. The molecule has 0 unspecified atom stereocenters. The second-order valence-corrected chi connectivity index (χ2v) is 8.50. The summed E-state index contributed by atoms with van der Waals surface area (Å²) in [6.07, 6.45) is 3.35. The Kier molecular flexibility index (Phi) is 5.35. The lowest BCUT2D eigenvalue weighted by Crippen LogP contribution is -2.49. The van der Waals surface area contributed by atoms with Crippen molar-refractivity contribution in [1.82, 2.24) is 4.98 Å². The minimum absolute atomic E-state index is 0.0986. The Hall–Kier alpha value is -2.76. The highest BCUT2D eigenvalue weighted by molar-refractivity contribution is 8.13. The van der Waals surface area contributed by atoms with E-state index in [4.69, 9.17) is 15.7 Å². The van der Waals surface area contributed by atoms with Crippen LogP contribution in [-0.4, -0.2) is 29.1 Å². The third kappa shape index (κ3) is 3.28. The molecule has 2 aliphatic rings. The van der Waals surface area contributed by atoms with Gasteiger partial charge in [0.05, 0.1) is 24.5 Å². The van der Waals surface area contributed by atoms with Crippen molar-refractivity contribution in [2.75, 3.05) is 19.0 Å². The molecule has 0 radical (unpaired) electrons. The molecule has 154 valence electrons. The first-order valence-corrected chi connectivity index (χ1v) is 10.5. The number of fused-ring (bicyclic) bond motifs is 1. The van der Waals surface area contributed by atoms with Crippen molar-refractivity contribution < 1.29 is 13.5 Å². The molecule has 1 aromatic heterocycles. The van der Waals surface area contributed by atoms with Crippen LogP contribution in [0.4, 0.5) is 8.78 Å². The molecule has 0 spiro atoms. The Morgan fingerprint density at radius 1 is 1.37 bits per heavy atom. The molecule has 2 aliphatic heterocycles. The number of pyridine rings is 1. The van der Waals surface area contributed by atoms with E-state index >= 15 is 4.39 Å². The van der Waals surface area contributed by atoms with Gasteiger partial charge in [-0.1, -0.05) is 24.8 Å². The van der Waals surface area contributed by atoms with Crippen molar-refractivity contribution in [2.24, 2.45) is 16.1 Å². The smallest absolute Gasteiger partial charge is 0.154 e. The standard InChI is InChI=1S/C22H20F2N4OS/c1-2-21-11-29-12-22(21,28-20(26)30-13-21)16-7-14(3-5-17(16)23)8-18(24)19-6-4-15(9-25)10-27-19/h3-8,10H,2,11-13H2,1H3,(H2,26,28)/b18-8-/t21-,22+/m1/s1. The molecule has 2 N–H and O–H groups in total. The fraction of sp³-hybridized carbons (Fsp3) is 0.318. The number of aromatic nitrogens is 1. The molecular formula is C22H20F2N4OS. The highest BCUT2D eigenvalue weighted by Crippen LogP contribution is 2.55. The number of nitrogens with two attached hydrogens (primary N) is 1. The summed E-state index contributed by atoms with van der Waals surface area (Å²) in [5.74, 6) is -0.320. The van der Waals surface area contributed by atoms with E-state index in [2.05, 4.69) is 9.98 Å². The number of amidine groups is 1. The van der Waals surface area contributed by atoms with Gasteiger partial charge in [-0.25, -0.2) is 13.8 Å². The Morgan fingerprint density at radius 3 is 2.90 bits per heavy atom. The molecule has 0 saturated carbocycles. The van der Waals surface area contributed by atoms with Gasteiger partial charge in [0.1, 0.15) is 23.3 Å². The van der Waals surface area contributed by atoms with Crippen molar-refractivity contribution in [1.29, 1.82) is 5.26 Å². The van der Waals surface area contributed by atoms with Crippen LogP contribution in [0.25, 0.3) is 11.9 Å². The average Bonchev–Trinajstić information content (AvgIpc) is 3.14. The van der Waals surface area contributed by atoms with Crippen molar-refractivity contribution in [3.8, 4) is 6.07 Å². The van der Waals surface area contributed by atoms with E-state index < -0.39 is 17.2 Å². The van der Waals surface area contributed by atoms with Crippen LogP contribution < -0.4 is 5.73 Å². The number of ether oxygens (including phenoxy) is 1. The van der Waals surface area contributed by atoms with Gasteiger partial charge in [-0.2, -0.15) is 5.26 Å². The van der Waals surface area contributed by atoms with Gasteiger partial charge in [0, 0.05) is 22.9 Å². The van der Waals surface area contributed by atoms with Crippen molar-refractivity contribution >= 4 is 28.8 Å². The summed E-state index contributed by atoms with van der Waals surface area (Å²) in [5.41, 5.74) is 6.00. The lowest BCUT2D eigenvalue weighted by Gasteiger charge is -2.44. The van der Waals surface area contributed by atoms with Crippen LogP contribution in [-0.2, 0) is 10.3 Å². The molecule has 2 aromatic rings. The maximum atomic E-state index is 15.0. The third-order valence-corrected chi connectivity index (χ3v) is 6.99. The Balaban J connectivity index is 1.78. The van der Waals surface area contributed by atoms with Crippen LogP contribution in [0, 0.1) is 22.6 Å². The summed E-state index contributed by atoms with van der Waals surface area (Å²) in [6.45, 7) is 2.74. The zero-order valence-electron chi connectivity index (χ0n) is 16.4. The van der Waals surface area contributed by atoms with E-state index in [9.17, 15) is 4.39 Å². The van der Waals surface area contributed by atoms with Gasteiger partial charge in [-0.3, -0.25) is 4.98 Å². The number of aliphatic imine (C=N–C) groups is 1. The molecular weight excluding hydrogens is 406 g/mol. The Bertz CT molecular complexity index is 1080. The molecule has 8 heteroatoms. The second-order valence-electron chi connectivity index (χ2n) is 7.50. The van der Waals surface area contributed by atoms with E-state index in [1.54, 1.807) is 6.07 Å². The monoisotopic (exact) mass is 426 g/mol. The molecule has 2 atom stereocenters. The van der Waals surface area contributed by atoms with Gasteiger partial charge in [0.2, 0.25) is 0 Å². The van der Waals surface area contributed by atoms with E-state index in [0.29, 0.717) is 34.2 Å². The van der Waals surface area contributed by atoms with Gasteiger partial charge in [-0.15, -0.1) is 0 Å². The van der Waals surface area contributed by atoms with Crippen LogP contribution in [0.15, 0.2) is 41.5 Å². The highest BCUT2D eigenvalue weighted by atomic mass is 32.2. The average molecular weight is 426 g/mol. The molecule has 0 bridgehead atoms. The van der Waals surface area contributed by atoms with Gasteiger partial charge >= 0.3 is 0 Å². The minimum atomic E-state index is -0.936. The Labute approximate surface area is 177 Å². The summed E-state index contributed by atoms with van der Waals surface area (Å²) in [5, 5.41) is 9.25. The minimum Gasteiger partial charge on any atom is -0.379 e. The molecule has 0 amide bonds. The lowest BCUT2D eigenvalue weighted by atomic mass is 9.67. The summed E-state index contributed by atoms with van der Waals surface area (Å²) in [4.78, 5) is 8.64. The van der Waals surface area contributed by atoms with Crippen LogP contribution >= 0.6 is 11.8 Å². The van der Waals surface area contributed by atoms with Gasteiger partial charge < -0.3 is 10.5 Å². The first kappa shape index (κ1) is 20.5. The maximum Gasteiger partial charge on any atom is 0.154 e. The maximum absolute atomic E-state index is 15.0. The predicted octanol–water partition coefficient (Wildman–Crippen LogP) is 4.24. The fourth-order valence-corrected chi connectivity index (χ4v) is 5.27. The largest absolute Gasteiger partial charge is 0.379 e. The summed E-state index contributed by atoms with van der Waals surface area (Å²) >= 11 is 1.45. The number of hydrogen-bond donors (Lipinski definition) is 1. The van der Waals surface area contributed by atoms with Gasteiger partial charge in [0.15, 0.2) is 5.17 Å². The van der Waals surface area contributed by atoms with Crippen LogP contribution in [0.1, 0.15) is 35.7 Å². The first-order chi connectivity index (χ1) is 14.4. The van der Waals surface area contributed by atoms with E-state index in [0.717, 1.165) is 6.42 Å². The predicted molar refractivity (Wildman–Crippen MR) is 114 cm³/mol. The number of benzene rings is 1. The first-order valence-electron chi connectivity index (χ1n) is 9.53. The zero-order valence-corrected chi connectivity index (χ0v) is 17.2. The van der Waals surface area contributed by atoms with Gasteiger partial charge in [0.25, 0.3) is 0 Å². The topological polar surface area (TPSA) is 84.3 Å². The van der Waals surface area contributed by atoms with Crippen molar-refractivity contribution in [3.05, 3.63) is 64.7 Å². The number of hydrogen-bond acceptors (Lipinski definition) is 6. The Morgan fingerprint density at radius 2 is 2.20 bits per heavy atom. The third-order valence-electron chi connectivity index (χ3n) is 5.91. The number of halogens is 2. The zero-order chi connectivity index (χ0) is 21.4. The van der Waals surface area contributed by atoms with Crippen LogP contribution in [0.5, 0.6) is 0 Å². The summed E-state index contributed by atoms with van der Waals surface area (Å²) in [7, 11) is 0. The molecule has 3 heterocycles. The number of thioether (sulfide) groups is 1. The molecule has 4 rings (SSSR count). The van der Waals surface area contributed by atoms with E-state index in [1.165, 1.54) is 48.3 Å². The quantitative estimate of drug-likeness (QED) is 0.790. The fourth-order valence-electron chi connectivity index (χ4n) is 4.10. The van der Waals surface area contributed by atoms with Crippen molar-refractivity contribution in [3.63, 3.8) is 0 Å². The van der Waals surface area contributed by atoms with E-state index in [-0.39, 0.29) is 17.7 Å². The lowest BCUT2D eigenvalue weighted by molar-refractivity contribution is 0.159. The van der Waals surface area contributed by atoms with Crippen molar-refractivity contribution in [2.45, 2.75) is 18.9 Å². The highest BCUT2D eigenvalue weighted by Gasteiger charge is 2.59. The summed E-state index contributed by atoms with van der Waals surface area (Å²) in [6, 6.07) is 9.31. The molecule has 1 saturated heterocycles. The molecule has 30 heavy (non-hydrogen) atoms. The molecule has 0 aliphatic carbocycles. The molecule has 1 fully saturated rings. The normalized spacial score (nSPS) is 26.1. The summed E-state index contributed by atoms with van der Waals surface area (Å²) < 4.78 is 35.6. The van der Waals surface area contributed by atoms with Gasteiger partial charge in [-0.05, 0) is 42.3 Å².